The van der Waals surface area contributed by atoms with Gasteiger partial charge in [0.05, 0.1) is 18.7 Å². The monoisotopic (exact) mass is 407 g/mol. The lowest BCUT2D eigenvalue weighted by Crippen LogP contribution is -2.38. The van der Waals surface area contributed by atoms with E-state index >= 15 is 0 Å². The Morgan fingerprint density at radius 3 is 2.53 bits per heavy atom. The van der Waals surface area contributed by atoms with Gasteiger partial charge in [-0.05, 0) is 23.8 Å². The van der Waals surface area contributed by atoms with Crippen LogP contribution in [-0.2, 0) is 14.4 Å². The van der Waals surface area contributed by atoms with E-state index in [9.17, 15) is 14.4 Å². The number of hydrogen-bond acceptors (Lipinski definition) is 4. The van der Waals surface area contributed by atoms with Crippen molar-refractivity contribution in [1.82, 2.24) is 10.6 Å². The lowest BCUT2D eigenvalue weighted by molar-refractivity contribution is -0.126. The molecule has 0 aliphatic carbocycles. The summed E-state index contributed by atoms with van der Waals surface area (Å²) >= 11 is 0. The zero-order valence-electron chi connectivity index (χ0n) is 16.8. The molecule has 0 saturated carbocycles. The number of benzene rings is 2. The van der Waals surface area contributed by atoms with E-state index in [1.54, 1.807) is 30.2 Å². The third-order valence-electron chi connectivity index (χ3n) is 4.82. The van der Waals surface area contributed by atoms with Crippen LogP contribution >= 0.6 is 0 Å². The lowest BCUT2D eigenvalue weighted by atomic mass is 10.1. The van der Waals surface area contributed by atoms with E-state index in [1.807, 2.05) is 42.5 Å². The molecule has 1 fully saturated rings. The van der Waals surface area contributed by atoms with Crippen molar-refractivity contribution >= 4 is 29.5 Å². The fourth-order valence-corrected chi connectivity index (χ4v) is 3.28. The summed E-state index contributed by atoms with van der Waals surface area (Å²) in [4.78, 5) is 38.3. The molecule has 2 aromatic rings. The summed E-state index contributed by atoms with van der Waals surface area (Å²) in [6, 6.07) is 16.8. The van der Waals surface area contributed by atoms with Crippen molar-refractivity contribution in [2.45, 2.75) is 6.42 Å². The second-order valence-corrected chi connectivity index (χ2v) is 6.90. The molecule has 1 aliphatic rings. The molecule has 0 aromatic heterocycles. The normalized spacial score (nSPS) is 16.0. The standard InChI is InChI=1S/C23H25N3O4/c1-30-20-10-6-5-9-19(20)26-16-18(15-22(26)28)23(29)25-14-13-24-21(27)12-11-17-7-3-2-4-8-17/h2-12,18H,13-16H2,1H3,(H,24,27)(H,25,29). The molecule has 1 aliphatic heterocycles. The lowest BCUT2D eigenvalue weighted by Gasteiger charge is -2.19. The van der Waals surface area contributed by atoms with E-state index < -0.39 is 5.92 Å². The zero-order chi connectivity index (χ0) is 21.3. The van der Waals surface area contributed by atoms with Crippen molar-refractivity contribution in [1.29, 1.82) is 0 Å². The molecule has 2 aromatic carbocycles. The molecule has 3 rings (SSSR count). The highest BCUT2D eigenvalue weighted by Gasteiger charge is 2.36. The minimum atomic E-state index is -0.434. The highest BCUT2D eigenvalue weighted by atomic mass is 16.5. The number of rotatable bonds is 8. The van der Waals surface area contributed by atoms with Gasteiger partial charge in [0.2, 0.25) is 17.7 Å². The number of carbonyl (C=O) groups is 3. The molecule has 7 heteroatoms. The molecule has 1 unspecified atom stereocenters. The van der Waals surface area contributed by atoms with Gasteiger partial charge in [-0.3, -0.25) is 14.4 Å². The number of anilines is 1. The largest absolute Gasteiger partial charge is 0.495 e. The van der Waals surface area contributed by atoms with Gasteiger partial charge in [-0.2, -0.15) is 0 Å². The topological polar surface area (TPSA) is 87.7 Å². The maximum absolute atomic E-state index is 12.4. The molecule has 1 heterocycles. The molecule has 156 valence electrons. The van der Waals surface area contributed by atoms with Crippen molar-refractivity contribution in [2.75, 3.05) is 31.6 Å². The Balaban J connectivity index is 1.43. The third-order valence-corrected chi connectivity index (χ3v) is 4.82. The first-order chi connectivity index (χ1) is 14.6. The quantitative estimate of drug-likeness (QED) is 0.518. The minimum Gasteiger partial charge on any atom is -0.495 e. The molecular weight excluding hydrogens is 382 g/mol. The second-order valence-electron chi connectivity index (χ2n) is 6.90. The van der Waals surface area contributed by atoms with Gasteiger partial charge in [0, 0.05) is 32.1 Å². The highest BCUT2D eigenvalue weighted by molar-refractivity contribution is 6.01. The first-order valence-electron chi connectivity index (χ1n) is 9.80. The van der Waals surface area contributed by atoms with Gasteiger partial charge in [0.1, 0.15) is 5.75 Å². The number of carbonyl (C=O) groups excluding carboxylic acids is 3. The van der Waals surface area contributed by atoms with Crippen LogP contribution in [0.15, 0.2) is 60.7 Å². The average molecular weight is 407 g/mol. The maximum atomic E-state index is 12.4. The number of amides is 3. The highest BCUT2D eigenvalue weighted by Crippen LogP contribution is 2.32. The molecule has 3 amide bonds. The number of hydrogen-bond donors (Lipinski definition) is 2. The first-order valence-corrected chi connectivity index (χ1v) is 9.80. The van der Waals surface area contributed by atoms with E-state index in [1.165, 1.54) is 6.08 Å². The number of nitrogens with zero attached hydrogens (tertiary/aromatic N) is 1. The van der Waals surface area contributed by atoms with Crippen LogP contribution in [0.4, 0.5) is 5.69 Å². The van der Waals surface area contributed by atoms with E-state index in [2.05, 4.69) is 10.6 Å². The number of nitrogens with one attached hydrogen (secondary N) is 2. The fourth-order valence-electron chi connectivity index (χ4n) is 3.28. The summed E-state index contributed by atoms with van der Waals surface area (Å²) < 4.78 is 5.31. The van der Waals surface area contributed by atoms with Crippen molar-refractivity contribution in [3.05, 3.63) is 66.2 Å². The Morgan fingerprint density at radius 2 is 1.77 bits per heavy atom. The molecule has 30 heavy (non-hydrogen) atoms. The maximum Gasteiger partial charge on any atom is 0.244 e. The van der Waals surface area contributed by atoms with Gasteiger partial charge in [-0.15, -0.1) is 0 Å². The first kappa shape index (κ1) is 21.1. The molecule has 7 nitrogen and oxygen atoms in total. The van der Waals surface area contributed by atoms with Crippen molar-refractivity contribution < 1.29 is 19.1 Å². The van der Waals surface area contributed by atoms with Gasteiger partial charge in [-0.1, -0.05) is 42.5 Å². The van der Waals surface area contributed by atoms with Gasteiger partial charge < -0.3 is 20.3 Å². The van der Waals surface area contributed by atoms with Crippen LogP contribution in [0.5, 0.6) is 5.75 Å². The van der Waals surface area contributed by atoms with E-state index in [0.29, 0.717) is 31.1 Å². The van der Waals surface area contributed by atoms with Crippen LogP contribution in [-0.4, -0.2) is 44.5 Å². The van der Waals surface area contributed by atoms with E-state index in [4.69, 9.17) is 4.74 Å². The molecule has 0 radical (unpaired) electrons. The second kappa shape index (κ2) is 10.2. The van der Waals surface area contributed by atoms with Crippen LogP contribution in [0, 0.1) is 5.92 Å². The summed E-state index contributed by atoms with van der Waals surface area (Å²) in [6.07, 6.45) is 3.33. The summed E-state index contributed by atoms with van der Waals surface area (Å²) in [5.74, 6) is -0.380. The van der Waals surface area contributed by atoms with Gasteiger partial charge in [0.25, 0.3) is 0 Å². The molecule has 2 N–H and O–H groups in total. The molecular formula is C23H25N3O4. The van der Waals surface area contributed by atoms with Crippen molar-refractivity contribution in [3.8, 4) is 5.75 Å². The smallest absolute Gasteiger partial charge is 0.244 e. The molecule has 0 bridgehead atoms. The zero-order valence-corrected chi connectivity index (χ0v) is 16.8. The Kier molecular flexibility index (Phi) is 7.21. The summed E-state index contributed by atoms with van der Waals surface area (Å²) in [6.45, 7) is 0.904. The summed E-state index contributed by atoms with van der Waals surface area (Å²) in [5, 5.41) is 5.51. The summed E-state index contributed by atoms with van der Waals surface area (Å²) in [7, 11) is 1.55. The van der Waals surface area contributed by atoms with Crippen LogP contribution in [0.1, 0.15) is 12.0 Å². The molecule has 1 saturated heterocycles. The number of methoxy groups -OCH3 is 1. The van der Waals surface area contributed by atoms with Crippen molar-refractivity contribution in [3.63, 3.8) is 0 Å². The van der Waals surface area contributed by atoms with Gasteiger partial charge in [0.15, 0.2) is 0 Å². The average Bonchev–Trinajstić information content (AvgIpc) is 3.17. The van der Waals surface area contributed by atoms with Crippen LogP contribution in [0.25, 0.3) is 6.08 Å². The predicted octanol–water partition coefficient (Wildman–Crippen LogP) is 1.99. The van der Waals surface area contributed by atoms with Crippen molar-refractivity contribution in [2.24, 2.45) is 5.92 Å². The SMILES string of the molecule is COc1ccccc1N1CC(C(=O)NCCNC(=O)C=Cc2ccccc2)CC1=O. The van der Waals surface area contributed by atoms with Gasteiger partial charge >= 0.3 is 0 Å². The minimum absolute atomic E-state index is 0.112. The predicted molar refractivity (Wildman–Crippen MR) is 115 cm³/mol. The van der Waals surface area contributed by atoms with E-state index in [0.717, 1.165) is 5.56 Å². The fraction of sp³-hybridized carbons (Fsp3) is 0.261. The van der Waals surface area contributed by atoms with Crippen LogP contribution in [0.2, 0.25) is 0 Å². The molecule has 0 spiro atoms. The van der Waals surface area contributed by atoms with Crippen LogP contribution < -0.4 is 20.3 Å². The Morgan fingerprint density at radius 1 is 1.07 bits per heavy atom. The Labute approximate surface area is 175 Å². The summed E-state index contributed by atoms with van der Waals surface area (Å²) in [5.41, 5.74) is 1.60. The number of para-hydroxylation sites is 2. The molecule has 1 atom stereocenters. The third kappa shape index (κ3) is 5.47. The van der Waals surface area contributed by atoms with Crippen LogP contribution in [0.3, 0.4) is 0 Å². The Hall–Kier alpha value is -3.61. The number of ether oxygens (including phenoxy) is 1. The Bertz CT molecular complexity index is 927. The van der Waals surface area contributed by atoms with Gasteiger partial charge in [-0.25, -0.2) is 0 Å². The van der Waals surface area contributed by atoms with E-state index in [-0.39, 0.29) is 24.1 Å².